The molecule has 214 valence electrons. The highest BCUT2D eigenvalue weighted by Gasteiger charge is 2.84. The van der Waals surface area contributed by atoms with E-state index >= 15 is 0 Å². The van der Waals surface area contributed by atoms with Gasteiger partial charge in [-0.15, -0.1) is 0 Å². The molecule has 39 heavy (non-hydrogen) atoms. The maximum Gasteiger partial charge on any atom is 0.406 e. The maximum absolute atomic E-state index is 13.7. The highest BCUT2D eigenvalue weighted by atomic mass is 32.2. The number of carbonyl (C=O) groups excluding carboxylic acids is 1. The minimum atomic E-state index is -4.14. The second-order valence-corrected chi connectivity index (χ2v) is 13.1. The Bertz CT molecular complexity index is 1360. The Labute approximate surface area is 228 Å². The normalized spacial score (nSPS) is 29.5. The van der Waals surface area contributed by atoms with Gasteiger partial charge in [0.15, 0.2) is 16.9 Å². The van der Waals surface area contributed by atoms with E-state index in [0.29, 0.717) is 0 Å². The number of aromatic nitrogens is 2. The zero-order valence-electron chi connectivity index (χ0n) is 21.6. The Morgan fingerprint density at radius 3 is 2.54 bits per heavy atom. The number of rotatable bonds is 12. The fourth-order valence-corrected chi connectivity index (χ4v) is 6.65. The summed E-state index contributed by atoms with van der Waals surface area (Å²) in [6.07, 6.45) is -2.66. The summed E-state index contributed by atoms with van der Waals surface area (Å²) in [6, 6.07) is 10.1. The van der Waals surface area contributed by atoms with Crippen LogP contribution in [0.1, 0.15) is 32.6 Å². The number of H-pyrrole nitrogens is 1. The average molecular weight is 586 g/mol. The monoisotopic (exact) mass is 585 g/mol. The molecular formula is C24H32N3O10PS. The highest BCUT2D eigenvalue weighted by Crippen LogP contribution is 2.64. The van der Waals surface area contributed by atoms with Crippen molar-refractivity contribution in [2.45, 2.75) is 57.0 Å². The molecule has 5 N–H and O–H groups in total. The smallest absolute Gasteiger partial charge is 0.395 e. The fourth-order valence-electron chi connectivity index (χ4n) is 4.22. The first-order chi connectivity index (χ1) is 18.2. The summed E-state index contributed by atoms with van der Waals surface area (Å²) in [7, 11) is -4.14. The van der Waals surface area contributed by atoms with Crippen LogP contribution >= 0.6 is 19.5 Å². The second kappa shape index (κ2) is 11.0. The zero-order chi connectivity index (χ0) is 28.6. The summed E-state index contributed by atoms with van der Waals surface area (Å²) in [4.78, 5) is 38.0. The third-order valence-corrected chi connectivity index (χ3v) is 9.56. The standard InChI is InChI=1S/C24H32N3O10PS/c1-22(2,14-28)20(30)39-12-11-35-38(34,25-13-15-7-5-4-6-8-15)37-18-17-24(18,33)23(3,32)19(36-17)27-10-9-16(29)26-21(27)31/h4-10,17-19,28,32-33H,11-14H2,1-3H3,(H,25,34)(H,26,29,31)/t17-,18?,19-,23+,24+,38?/m1/s1. The molecule has 6 atom stereocenters. The van der Waals surface area contributed by atoms with Crippen molar-refractivity contribution >= 4 is 24.6 Å². The van der Waals surface area contributed by atoms with Crippen LogP contribution in [0.15, 0.2) is 52.2 Å². The SMILES string of the molecule is CC(C)(CO)C(=O)SCCOP(=O)(NCc1ccccc1)OC1[C@H]2O[C@@H](n3ccc(=O)[nH]c3=O)[C@](C)(O)[C@@]12O. The summed E-state index contributed by atoms with van der Waals surface area (Å²) in [5, 5.41) is 34.3. The molecule has 0 spiro atoms. The lowest BCUT2D eigenvalue weighted by atomic mass is 9.95. The lowest BCUT2D eigenvalue weighted by molar-refractivity contribution is -0.157. The predicted molar refractivity (Wildman–Crippen MR) is 141 cm³/mol. The number of benzene rings is 1. The van der Waals surface area contributed by atoms with Crippen LogP contribution in [-0.4, -0.2) is 72.4 Å². The van der Waals surface area contributed by atoms with Crippen LogP contribution in [0.4, 0.5) is 0 Å². The Balaban J connectivity index is 1.46. The van der Waals surface area contributed by atoms with Crippen molar-refractivity contribution in [2.24, 2.45) is 5.41 Å². The lowest BCUT2D eigenvalue weighted by Crippen LogP contribution is -2.51. The van der Waals surface area contributed by atoms with Crippen molar-refractivity contribution in [1.82, 2.24) is 14.6 Å². The van der Waals surface area contributed by atoms with E-state index in [2.05, 4.69) is 10.1 Å². The molecule has 2 aliphatic rings. The van der Waals surface area contributed by atoms with Crippen molar-refractivity contribution in [3.05, 3.63) is 69.0 Å². The topological polar surface area (TPSA) is 189 Å². The van der Waals surface area contributed by atoms with Crippen LogP contribution in [0.2, 0.25) is 0 Å². The fraction of sp³-hybridized carbons (Fsp3) is 0.542. The number of hydrogen-bond acceptors (Lipinski definition) is 11. The largest absolute Gasteiger partial charge is 0.406 e. The van der Waals surface area contributed by atoms with Crippen molar-refractivity contribution in [2.75, 3.05) is 19.0 Å². The quantitative estimate of drug-likeness (QED) is 0.172. The van der Waals surface area contributed by atoms with Crippen LogP contribution in [-0.2, 0) is 29.7 Å². The minimum Gasteiger partial charge on any atom is -0.395 e. The summed E-state index contributed by atoms with van der Waals surface area (Å²) < 4.78 is 31.7. The van der Waals surface area contributed by atoms with E-state index in [1.54, 1.807) is 38.1 Å². The van der Waals surface area contributed by atoms with Gasteiger partial charge >= 0.3 is 13.4 Å². The van der Waals surface area contributed by atoms with E-state index in [1.807, 2.05) is 6.07 Å². The van der Waals surface area contributed by atoms with Gasteiger partial charge in [-0.25, -0.2) is 14.4 Å². The van der Waals surface area contributed by atoms with Crippen molar-refractivity contribution < 1.29 is 38.5 Å². The number of aromatic amines is 1. The lowest BCUT2D eigenvalue weighted by Gasteiger charge is -2.33. The third-order valence-electron chi connectivity index (χ3n) is 6.80. The van der Waals surface area contributed by atoms with Gasteiger partial charge in [0, 0.05) is 24.6 Å². The van der Waals surface area contributed by atoms with E-state index in [4.69, 9.17) is 13.8 Å². The Hall–Kier alpha value is -2.13. The van der Waals surface area contributed by atoms with Crippen LogP contribution in [0, 0.1) is 5.41 Å². The Kier molecular flexibility index (Phi) is 8.44. The number of aliphatic hydroxyl groups excluding tert-OH is 1. The average Bonchev–Trinajstić information content (AvgIpc) is 3.39. The van der Waals surface area contributed by atoms with E-state index in [9.17, 15) is 34.3 Å². The molecule has 2 heterocycles. The Morgan fingerprint density at radius 1 is 1.26 bits per heavy atom. The molecule has 2 unspecified atom stereocenters. The molecule has 0 amide bonds. The molecule has 2 fully saturated rings. The molecule has 1 saturated heterocycles. The van der Waals surface area contributed by atoms with Crippen LogP contribution < -0.4 is 16.3 Å². The van der Waals surface area contributed by atoms with E-state index in [0.717, 1.165) is 34.2 Å². The number of aliphatic hydroxyl groups is 3. The number of carbonyl (C=O) groups is 1. The van der Waals surface area contributed by atoms with Crippen LogP contribution in [0.5, 0.6) is 0 Å². The first kappa shape index (κ1) is 29.8. The number of nitrogens with one attached hydrogen (secondary N) is 2. The Morgan fingerprint density at radius 2 is 1.95 bits per heavy atom. The molecule has 1 aromatic heterocycles. The second-order valence-electron chi connectivity index (χ2n) is 10.3. The molecule has 15 heteroatoms. The third kappa shape index (κ3) is 5.85. The van der Waals surface area contributed by atoms with Gasteiger partial charge in [0.25, 0.3) is 5.56 Å². The first-order valence-electron chi connectivity index (χ1n) is 12.2. The molecule has 2 aromatic rings. The number of hydrogen-bond donors (Lipinski definition) is 5. The number of fused-ring (bicyclic) bond motifs is 1. The van der Waals surface area contributed by atoms with Gasteiger partial charge in [0.1, 0.15) is 17.8 Å². The first-order valence-corrected chi connectivity index (χ1v) is 14.7. The maximum atomic E-state index is 13.7. The van der Waals surface area contributed by atoms with Crippen molar-refractivity contribution in [3.63, 3.8) is 0 Å². The molecule has 4 rings (SSSR count). The molecule has 1 aliphatic heterocycles. The molecule has 0 radical (unpaired) electrons. The number of nitrogens with zero attached hydrogens (tertiary/aromatic N) is 1. The summed E-state index contributed by atoms with van der Waals surface area (Å²) in [6.45, 7) is 4.04. The van der Waals surface area contributed by atoms with Gasteiger partial charge in [-0.3, -0.25) is 28.2 Å². The van der Waals surface area contributed by atoms with Crippen LogP contribution in [0.3, 0.4) is 0 Å². The highest BCUT2D eigenvalue weighted by molar-refractivity contribution is 8.13. The van der Waals surface area contributed by atoms with Gasteiger partial charge in [0.2, 0.25) is 0 Å². The molecule has 1 aromatic carbocycles. The number of ether oxygens (including phenoxy) is 1. The van der Waals surface area contributed by atoms with Crippen molar-refractivity contribution in [1.29, 1.82) is 0 Å². The van der Waals surface area contributed by atoms with Gasteiger partial charge in [-0.05, 0) is 26.3 Å². The van der Waals surface area contributed by atoms with Gasteiger partial charge in [-0.1, -0.05) is 42.1 Å². The summed E-state index contributed by atoms with van der Waals surface area (Å²) >= 11 is 0.914. The van der Waals surface area contributed by atoms with Gasteiger partial charge in [-0.2, -0.15) is 0 Å². The predicted octanol–water partition coefficient (Wildman–Crippen LogP) is 0.508. The molecule has 1 saturated carbocycles. The summed E-state index contributed by atoms with van der Waals surface area (Å²) in [5.74, 6) is 0.117. The zero-order valence-corrected chi connectivity index (χ0v) is 23.3. The van der Waals surface area contributed by atoms with Crippen molar-refractivity contribution in [3.8, 4) is 0 Å². The molecule has 13 nitrogen and oxygen atoms in total. The van der Waals surface area contributed by atoms with E-state index < -0.39 is 54.0 Å². The summed E-state index contributed by atoms with van der Waals surface area (Å²) in [5.41, 5.74) is -5.78. The van der Waals surface area contributed by atoms with E-state index in [1.165, 1.54) is 6.92 Å². The van der Waals surface area contributed by atoms with Gasteiger partial charge in [0.05, 0.1) is 18.6 Å². The van der Waals surface area contributed by atoms with E-state index in [-0.39, 0.29) is 30.6 Å². The molecule has 1 aliphatic carbocycles. The van der Waals surface area contributed by atoms with Crippen LogP contribution in [0.25, 0.3) is 0 Å². The number of thioether (sulfide) groups is 1. The minimum absolute atomic E-state index is 0.0875. The van der Waals surface area contributed by atoms with Gasteiger partial charge < -0.3 is 20.1 Å². The molecular weight excluding hydrogens is 553 g/mol. The molecule has 0 bridgehead atoms.